The van der Waals surface area contributed by atoms with Crippen molar-refractivity contribution < 1.29 is 9.47 Å². The fourth-order valence-electron chi connectivity index (χ4n) is 3.40. The normalized spacial score (nSPS) is 26.6. The predicted molar refractivity (Wildman–Crippen MR) is 81.7 cm³/mol. The number of methoxy groups -OCH3 is 2. The number of nitrogens with zero attached hydrogens (tertiary/aromatic N) is 2. The van der Waals surface area contributed by atoms with E-state index >= 15 is 0 Å². The van der Waals surface area contributed by atoms with Gasteiger partial charge >= 0.3 is 0 Å². The first kappa shape index (κ1) is 14.6. The van der Waals surface area contributed by atoms with Gasteiger partial charge in [0.25, 0.3) is 0 Å². The van der Waals surface area contributed by atoms with Crippen LogP contribution in [-0.4, -0.2) is 49.3 Å². The quantitative estimate of drug-likeness (QED) is 0.894. The monoisotopic (exact) mass is 291 g/mol. The van der Waals surface area contributed by atoms with E-state index in [1.807, 2.05) is 6.07 Å². The smallest absolute Gasteiger partial charge is 0.183 e. The molecule has 5 heteroatoms. The Hall–Kier alpha value is -1.33. The van der Waals surface area contributed by atoms with Gasteiger partial charge < -0.3 is 14.8 Å². The lowest BCUT2D eigenvalue weighted by molar-refractivity contribution is 0.119. The number of hydrogen-bond donors (Lipinski definition) is 1. The van der Waals surface area contributed by atoms with E-state index in [1.165, 1.54) is 12.8 Å². The van der Waals surface area contributed by atoms with Crippen molar-refractivity contribution in [2.45, 2.75) is 31.8 Å². The van der Waals surface area contributed by atoms with Gasteiger partial charge in [-0.05, 0) is 25.7 Å². The summed E-state index contributed by atoms with van der Waals surface area (Å²) in [6.45, 7) is 6.32. The minimum absolute atomic E-state index is 0.254. The summed E-state index contributed by atoms with van der Waals surface area (Å²) in [6, 6.07) is 1.84. The summed E-state index contributed by atoms with van der Waals surface area (Å²) in [7, 11) is 3.34. The Morgan fingerprint density at radius 3 is 2.86 bits per heavy atom. The highest BCUT2D eigenvalue weighted by Crippen LogP contribution is 2.41. The molecule has 116 valence electrons. The maximum Gasteiger partial charge on any atom is 0.183 e. The van der Waals surface area contributed by atoms with Gasteiger partial charge in [0.2, 0.25) is 0 Å². The van der Waals surface area contributed by atoms with Crippen LogP contribution < -0.4 is 14.8 Å². The summed E-state index contributed by atoms with van der Waals surface area (Å²) in [4.78, 5) is 6.96. The van der Waals surface area contributed by atoms with Gasteiger partial charge in [-0.25, -0.2) is 0 Å². The van der Waals surface area contributed by atoms with Crippen molar-refractivity contribution in [1.29, 1.82) is 0 Å². The molecule has 1 aromatic rings. The molecule has 1 aromatic heterocycles. The van der Waals surface area contributed by atoms with Gasteiger partial charge in [-0.15, -0.1) is 0 Å². The highest BCUT2D eigenvalue weighted by atomic mass is 16.5. The average molecular weight is 291 g/mol. The predicted octanol–water partition coefficient (Wildman–Crippen LogP) is 1.67. The molecule has 21 heavy (non-hydrogen) atoms. The van der Waals surface area contributed by atoms with E-state index in [9.17, 15) is 0 Å². The average Bonchev–Trinajstić information content (AvgIpc) is 3.32. The molecular weight excluding hydrogens is 266 g/mol. The molecule has 1 aliphatic carbocycles. The van der Waals surface area contributed by atoms with Crippen molar-refractivity contribution in [1.82, 2.24) is 15.2 Å². The molecule has 1 unspecified atom stereocenters. The number of rotatable bonds is 5. The summed E-state index contributed by atoms with van der Waals surface area (Å²) in [5, 5.41) is 3.71. The van der Waals surface area contributed by atoms with Gasteiger partial charge in [-0.1, -0.05) is 0 Å². The Kier molecular flexibility index (Phi) is 4.04. The van der Waals surface area contributed by atoms with Crippen LogP contribution in [0.25, 0.3) is 0 Å². The second-order valence-corrected chi connectivity index (χ2v) is 6.32. The molecule has 1 atom stereocenters. The summed E-state index contributed by atoms with van der Waals surface area (Å²) in [5.74, 6) is 2.34. The zero-order valence-electron chi connectivity index (χ0n) is 13.2. The second kappa shape index (κ2) is 5.81. The summed E-state index contributed by atoms with van der Waals surface area (Å²) >= 11 is 0. The second-order valence-electron chi connectivity index (χ2n) is 6.32. The van der Waals surface area contributed by atoms with E-state index in [2.05, 4.69) is 22.1 Å². The van der Waals surface area contributed by atoms with Crippen LogP contribution in [-0.2, 0) is 6.54 Å². The van der Waals surface area contributed by atoms with E-state index in [-0.39, 0.29) is 5.54 Å². The van der Waals surface area contributed by atoms with E-state index in [0.29, 0.717) is 0 Å². The SMILES string of the molecule is COc1ccnc(CN2CCNC(C)(C3CC3)C2)c1OC. The largest absolute Gasteiger partial charge is 0.493 e. The van der Waals surface area contributed by atoms with Crippen LogP contribution in [0.15, 0.2) is 12.3 Å². The molecule has 1 saturated carbocycles. The van der Waals surface area contributed by atoms with Crippen LogP contribution in [0.5, 0.6) is 11.5 Å². The molecule has 0 bridgehead atoms. The summed E-state index contributed by atoms with van der Waals surface area (Å²) in [6.07, 6.45) is 4.51. The van der Waals surface area contributed by atoms with Crippen molar-refractivity contribution in [3.8, 4) is 11.5 Å². The Balaban J connectivity index is 1.74. The number of hydrogen-bond acceptors (Lipinski definition) is 5. The first-order chi connectivity index (χ1) is 10.2. The first-order valence-corrected chi connectivity index (χ1v) is 7.69. The van der Waals surface area contributed by atoms with Gasteiger partial charge in [-0.2, -0.15) is 0 Å². The van der Waals surface area contributed by atoms with Gasteiger partial charge in [0.05, 0.1) is 14.2 Å². The third-order valence-corrected chi connectivity index (χ3v) is 4.73. The summed E-state index contributed by atoms with van der Waals surface area (Å²) < 4.78 is 10.9. The molecule has 0 aromatic carbocycles. The molecule has 1 N–H and O–H groups in total. The highest BCUT2D eigenvalue weighted by Gasteiger charge is 2.43. The third-order valence-electron chi connectivity index (χ3n) is 4.73. The van der Waals surface area contributed by atoms with Crippen LogP contribution >= 0.6 is 0 Å². The molecule has 1 saturated heterocycles. The summed E-state index contributed by atoms with van der Waals surface area (Å²) in [5.41, 5.74) is 1.21. The highest BCUT2D eigenvalue weighted by molar-refractivity contribution is 5.42. The van der Waals surface area contributed by atoms with Gasteiger partial charge in [0, 0.05) is 44.0 Å². The van der Waals surface area contributed by atoms with Gasteiger partial charge in [-0.3, -0.25) is 9.88 Å². The van der Waals surface area contributed by atoms with Gasteiger partial charge in [0.15, 0.2) is 11.5 Å². The zero-order chi connectivity index (χ0) is 14.9. The maximum atomic E-state index is 5.49. The molecule has 3 rings (SSSR count). The molecule has 0 spiro atoms. The fraction of sp³-hybridized carbons (Fsp3) is 0.688. The van der Waals surface area contributed by atoms with Crippen LogP contribution in [0.1, 0.15) is 25.5 Å². The molecule has 2 aliphatic rings. The zero-order valence-corrected chi connectivity index (χ0v) is 13.2. The number of ether oxygens (including phenoxy) is 2. The van der Waals surface area contributed by atoms with E-state index < -0.39 is 0 Å². The maximum absolute atomic E-state index is 5.49. The lowest BCUT2D eigenvalue weighted by Crippen LogP contribution is -2.59. The molecule has 2 heterocycles. The van der Waals surface area contributed by atoms with Crippen molar-refractivity contribution in [2.75, 3.05) is 33.9 Å². The van der Waals surface area contributed by atoms with Crippen molar-refractivity contribution in [2.24, 2.45) is 5.92 Å². The van der Waals surface area contributed by atoms with E-state index in [4.69, 9.17) is 9.47 Å². The standard InChI is InChI=1S/C16H25N3O2/c1-16(12-4-5-12)11-19(9-8-18-16)10-13-15(21-3)14(20-2)6-7-17-13/h6-7,12,18H,4-5,8-11H2,1-3H3. The fourth-order valence-corrected chi connectivity index (χ4v) is 3.40. The van der Waals surface area contributed by atoms with Crippen LogP contribution in [0.3, 0.4) is 0 Å². The van der Waals surface area contributed by atoms with Crippen LogP contribution in [0, 0.1) is 5.92 Å². The van der Waals surface area contributed by atoms with E-state index in [0.717, 1.165) is 49.3 Å². The first-order valence-electron chi connectivity index (χ1n) is 7.69. The Morgan fingerprint density at radius 2 is 2.19 bits per heavy atom. The molecule has 5 nitrogen and oxygen atoms in total. The number of piperazine rings is 1. The topological polar surface area (TPSA) is 46.6 Å². The third kappa shape index (κ3) is 2.99. The Labute approximate surface area is 126 Å². The molecular formula is C16H25N3O2. The van der Waals surface area contributed by atoms with Crippen molar-refractivity contribution in [3.05, 3.63) is 18.0 Å². The van der Waals surface area contributed by atoms with Crippen molar-refractivity contribution >= 4 is 0 Å². The van der Waals surface area contributed by atoms with Crippen molar-refractivity contribution in [3.63, 3.8) is 0 Å². The number of pyridine rings is 1. The van der Waals surface area contributed by atoms with Crippen LogP contribution in [0.4, 0.5) is 0 Å². The van der Waals surface area contributed by atoms with E-state index in [1.54, 1.807) is 20.4 Å². The minimum atomic E-state index is 0.254. The lowest BCUT2D eigenvalue weighted by Gasteiger charge is -2.42. The number of nitrogens with one attached hydrogen (secondary N) is 1. The molecule has 1 aliphatic heterocycles. The Bertz CT molecular complexity index is 504. The number of aromatic nitrogens is 1. The van der Waals surface area contributed by atoms with Crippen LogP contribution in [0.2, 0.25) is 0 Å². The molecule has 2 fully saturated rings. The molecule has 0 amide bonds. The lowest BCUT2D eigenvalue weighted by atomic mass is 9.93. The van der Waals surface area contributed by atoms with Gasteiger partial charge in [0.1, 0.15) is 5.69 Å². The molecule has 0 radical (unpaired) electrons. The Morgan fingerprint density at radius 1 is 1.38 bits per heavy atom. The minimum Gasteiger partial charge on any atom is -0.493 e.